The van der Waals surface area contributed by atoms with Gasteiger partial charge in [-0.15, -0.1) is 0 Å². The van der Waals surface area contributed by atoms with Gasteiger partial charge in [-0.25, -0.2) is 0 Å². The van der Waals surface area contributed by atoms with Gasteiger partial charge in [0.2, 0.25) is 0 Å². The monoisotopic (exact) mass is 496 g/mol. The lowest BCUT2D eigenvalue weighted by atomic mass is 9.40. The first kappa shape index (κ1) is 28.4. The van der Waals surface area contributed by atoms with Crippen molar-refractivity contribution < 1.29 is 4.79 Å². The van der Waals surface area contributed by atoms with Gasteiger partial charge >= 0.3 is 0 Å². The lowest BCUT2D eigenvalue weighted by Gasteiger charge is -2.64. The van der Waals surface area contributed by atoms with E-state index in [4.69, 9.17) is 0 Å². The fourth-order valence-corrected chi connectivity index (χ4v) is 10.4. The topological polar surface area (TPSA) is 17.1 Å². The Bertz CT molecular complexity index is 902. The third-order valence-corrected chi connectivity index (χ3v) is 14.7. The van der Waals surface area contributed by atoms with E-state index >= 15 is 0 Å². The maximum Gasteiger partial charge on any atom is 0.159 e. The Morgan fingerprint density at radius 2 is 1.53 bits per heavy atom. The Hall–Kier alpha value is -0.590. The van der Waals surface area contributed by atoms with Crippen molar-refractivity contribution in [3.05, 3.63) is 11.6 Å². The first-order chi connectivity index (χ1) is 16.3. The molecule has 0 spiro atoms. The molecule has 11 atom stereocenters. The minimum Gasteiger partial charge on any atom is -0.295 e. The van der Waals surface area contributed by atoms with Crippen LogP contribution in [0.25, 0.3) is 0 Å². The normalized spacial score (nSPS) is 46.9. The van der Waals surface area contributed by atoms with E-state index in [0.717, 1.165) is 12.3 Å². The molecule has 0 aromatic carbocycles. The summed E-state index contributed by atoms with van der Waals surface area (Å²) in [6.45, 7) is 32.5. The summed E-state index contributed by atoms with van der Waals surface area (Å²) >= 11 is 0. The second kappa shape index (κ2) is 8.71. The molecule has 0 radical (unpaired) electrons. The van der Waals surface area contributed by atoms with E-state index < -0.39 is 0 Å². The minimum absolute atomic E-state index is 0.125. The molecule has 0 bridgehead atoms. The Morgan fingerprint density at radius 1 is 0.917 bits per heavy atom. The molecule has 0 aromatic heterocycles. The Balaban J connectivity index is 1.69. The van der Waals surface area contributed by atoms with Gasteiger partial charge in [-0.2, -0.15) is 0 Å². The first-order valence-electron chi connectivity index (χ1n) is 15.6. The molecule has 4 aliphatic carbocycles. The first-order valence-corrected chi connectivity index (χ1v) is 15.6. The third kappa shape index (κ3) is 3.78. The summed E-state index contributed by atoms with van der Waals surface area (Å²) in [4.78, 5) is 13.8. The predicted octanol–water partition coefficient (Wildman–Crippen LogP) is 10.00. The second-order valence-corrected chi connectivity index (χ2v) is 16.9. The van der Waals surface area contributed by atoms with Gasteiger partial charge in [0, 0.05) is 5.92 Å². The fraction of sp³-hybridized carbons (Fsp3) is 0.914. The highest BCUT2D eigenvalue weighted by Gasteiger charge is 2.67. The van der Waals surface area contributed by atoms with Crippen molar-refractivity contribution in [3.63, 3.8) is 0 Å². The van der Waals surface area contributed by atoms with Gasteiger partial charge in [0.1, 0.15) is 0 Å². The van der Waals surface area contributed by atoms with Crippen molar-refractivity contribution in [1.29, 1.82) is 0 Å². The smallest absolute Gasteiger partial charge is 0.159 e. The number of carbonyl (C=O) groups excluding carboxylic acids is 1. The number of ketones is 1. The fourth-order valence-electron chi connectivity index (χ4n) is 10.4. The molecule has 0 N–H and O–H groups in total. The van der Waals surface area contributed by atoms with E-state index in [2.05, 4.69) is 96.1 Å². The summed E-state index contributed by atoms with van der Waals surface area (Å²) in [6, 6.07) is 0. The molecule has 0 aromatic rings. The van der Waals surface area contributed by atoms with Crippen molar-refractivity contribution in [2.45, 2.75) is 129 Å². The number of hydrogen-bond donors (Lipinski definition) is 0. The largest absolute Gasteiger partial charge is 0.295 e. The lowest BCUT2D eigenvalue weighted by Crippen LogP contribution is -2.59. The summed E-state index contributed by atoms with van der Waals surface area (Å²) in [7, 11) is 0. The van der Waals surface area contributed by atoms with E-state index in [0.29, 0.717) is 52.1 Å². The summed E-state index contributed by atoms with van der Waals surface area (Å²) in [5, 5.41) is 0. The van der Waals surface area contributed by atoms with Gasteiger partial charge in [-0.1, -0.05) is 95.6 Å². The minimum atomic E-state index is 0.125. The van der Waals surface area contributed by atoms with E-state index in [-0.39, 0.29) is 22.2 Å². The van der Waals surface area contributed by atoms with Crippen LogP contribution in [0.15, 0.2) is 11.6 Å². The predicted molar refractivity (Wildman–Crippen MR) is 155 cm³/mol. The molecule has 3 saturated carbocycles. The van der Waals surface area contributed by atoms with Crippen molar-refractivity contribution in [1.82, 2.24) is 0 Å². The Morgan fingerprint density at radius 3 is 2.11 bits per heavy atom. The summed E-state index contributed by atoms with van der Waals surface area (Å²) in [6.07, 6.45) is 9.80. The van der Waals surface area contributed by atoms with E-state index in [1.807, 2.05) is 0 Å². The van der Waals surface area contributed by atoms with Crippen LogP contribution in [0.5, 0.6) is 0 Å². The number of allylic oxidation sites excluding steroid dienone is 2. The maximum absolute atomic E-state index is 13.8. The molecule has 0 heterocycles. The van der Waals surface area contributed by atoms with Crippen LogP contribution in [0.3, 0.4) is 0 Å². The SMILES string of the molecule is CC(C[C@@H](C)C(C)(C)[C@H]1CC[C@@]2(C)C3=CC(=O)[C@@H]4C[C@@H](C)[C@@H](C)[C@@H](C)[C@]4(C)C3CC[C@]12C)C(C)(C)C. The zero-order valence-corrected chi connectivity index (χ0v) is 26.3. The molecular formula is C35H60O. The van der Waals surface area contributed by atoms with Gasteiger partial charge in [0.25, 0.3) is 0 Å². The van der Waals surface area contributed by atoms with Crippen LogP contribution in [-0.4, -0.2) is 5.78 Å². The molecule has 3 fully saturated rings. The van der Waals surface area contributed by atoms with Crippen molar-refractivity contribution in [3.8, 4) is 0 Å². The van der Waals surface area contributed by atoms with Crippen LogP contribution in [-0.2, 0) is 4.79 Å². The molecule has 4 rings (SSSR count). The van der Waals surface area contributed by atoms with E-state index in [1.165, 1.54) is 32.1 Å². The van der Waals surface area contributed by atoms with Gasteiger partial charge in [-0.3, -0.25) is 4.79 Å². The highest BCUT2D eigenvalue weighted by atomic mass is 16.1. The maximum atomic E-state index is 13.8. The standard InChI is InChI=1S/C35H60O/c1-21-18-28-29(36)20-27-26(35(28,13)25(5)24(21)4)14-16-34(12)30(15-17-33(27,34)11)32(9,10)23(3)19-22(2)31(6,7)8/h20-26,28,30H,14-19H2,1-13H3/t21-,22?,23-,24-,25-,26?,28+,30-,33+,34-,35-/m1/s1. The number of fused-ring (bicyclic) bond motifs is 5. The molecule has 36 heavy (non-hydrogen) atoms. The Labute approximate surface area is 225 Å². The second-order valence-electron chi connectivity index (χ2n) is 16.9. The van der Waals surface area contributed by atoms with E-state index in [9.17, 15) is 4.79 Å². The van der Waals surface area contributed by atoms with Crippen LogP contribution in [0.2, 0.25) is 0 Å². The summed E-state index contributed by atoms with van der Waals surface area (Å²) in [5.41, 5.74) is 2.79. The average Bonchev–Trinajstić information content (AvgIpc) is 3.06. The Kier molecular flexibility index (Phi) is 6.88. The van der Waals surface area contributed by atoms with Crippen molar-refractivity contribution in [2.75, 3.05) is 0 Å². The zero-order valence-electron chi connectivity index (χ0n) is 26.3. The van der Waals surface area contributed by atoms with Gasteiger partial charge in [-0.05, 0) is 113 Å². The van der Waals surface area contributed by atoms with Crippen LogP contribution in [0, 0.1) is 74.4 Å². The van der Waals surface area contributed by atoms with Crippen molar-refractivity contribution in [2.24, 2.45) is 74.4 Å². The average molecular weight is 497 g/mol. The third-order valence-electron chi connectivity index (χ3n) is 14.7. The lowest BCUT2D eigenvalue weighted by molar-refractivity contribution is -0.143. The van der Waals surface area contributed by atoms with Gasteiger partial charge < -0.3 is 0 Å². The van der Waals surface area contributed by atoms with Crippen LogP contribution in [0.4, 0.5) is 0 Å². The molecule has 4 aliphatic rings. The van der Waals surface area contributed by atoms with Gasteiger partial charge in [0.15, 0.2) is 5.78 Å². The number of hydrogen-bond acceptors (Lipinski definition) is 1. The number of carbonyl (C=O) groups is 1. The summed E-state index contributed by atoms with van der Waals surface area (Å²) < 4.78 is 0. The quantitative estimate of drug-likeness (QED) is 0.378. The molecule has 1 nitrogen and oxygen atoms in total. The molecule has 0 amide bonds. The molecular weight excluding hydrogens is 436 g/mol. The molecule has 1 heteroatoms. The van der Waals surface area contributed by atoms with Crippen molar-refractivity contribution >= 4 is 5.78 Å². The van der Waals surface area contributed by atoms with Crippen LogP contribution >= 0.6 is 0 Å². The van der Waals surface area contributed by atoms with Crippen LogP contribution in [0.1, 0.15) is 129 Å². The highest BCUT2D eigenvalue weighted by molar-refractivity contribution is 5.94. The molecule has 206 valence electrons. The molecule has 0 saturated heterocycles. The van der Waals surface area contributed by atoms with Crippen LogP contribution < -0.4 is 0 Å². The van der Waals surface area contributed by atoms with Gasteiger partial charge in [0.05, 0.1) is 0 Å². The summed E-state index contributed by atoms with van der Waals surface area (Å²) in [5.74, 6) is 5.35. The highest BCUT2D eigenvalue weighted by Crippen LogP contribution is 2.74. The number of rotatable bonds is 4. The molecule has 0 aliphatic heterocycles. The molecule has 2 unspecified atom stereocenters. The zero-order chi connectivity index (χ0) is 27.2. The van der Waals surface area contributed by atoms with E-state index in [1.54, 1.807) is 5.57 Å².